The number of hydrogen-bond acceptors (Lipinski definition) is 15. The molecule has 0 bridgehead atoms. The van der Waals surface area contributed by atoms with E-state index in [1.54, 1.807) is 44.2 Å². The first-order valence-electron chi connectivity index (χ1n) is 15.8. The van der Waals surface area contributed by atoms with Crippen molar-refractivity contribution in [1.29, 1.82) is 5.26 Å². The number of rotatable bonds is 17. The summed E-state index contributed by atoms with van der Waals surface area (Å²) in [7, 11) is -3.09. The number of nitrogens with zero attached hydrogens (tertiary/aromatic N) is 4. The Morgan fingerprint density at radius 2 is 1.69 bits per heavy atom. The van der Waals surface area contributed by atoms with Crippen molar-refractivity contribution < 1.29 is 51.7 Å². The van der Waals surface area contributed by atoms with Crippen LogP contribution in [0.1, 0.15) is 72.8 Å². The van der Waals surface area contributed by atoms with Crippen molar-refractivity contribution in [2.24, 2.45) is 0 Å². The monoisotopic (exact) mass is 732 g/mol. The van der Waals surface area contributed by atoms with Gasteiger partial charge in [-0.25, -0.2) is 14.1 Å². The minimum Gasteiger partial charge on any atom is -0.461 e. The van der Waals surface area contributed by atoms with E-state index in [0.29, 0.717) is 5.52 Å². The number of carbonyl (C=O) groups excluding carboxylic acids is 3. The minimum absolute atomic E-state index is 0.105. The molecule has 0 aliphatic heterocycles. The van der Waals surface area contributed by atoms with Gasteiger partial charge in [-0.15, -0.1) is 0 Å². The van der Waals surface area contributed by atoms with E-state index in [1.807, 2.05) is 20.8 Å². The second-order valence-corrected chi connectivity index (χ2v) is 14.8. The predicted molar refractivity (Wildman–Crippen MR) is 182 cm³/mol. The van der Waals surface area contributed by atoms with Crippen molar-refractivity contribution >= 4 is 37.0 Å². The number of anilines is 1. The molecule has 0 fully saturated rings. The van der Waals surface area contributed by atoms with Crippen molar-refractivity contribution in [3.05, 3.63) is 54.0 Å². The van der Waals surface area contributed by atoms with E-state index in [1.165, 1.54) is 37.2 Å². The molecular formula is C33H45N6O11P. The zero-order chi connectivity index (χ0) is 38.1. The molecule has 3 rings (SSSR count). The van der Waals surface area contributed by atoms with Gasteiger partial charge in [0.2, 0.25) is 0 Å². The Hall–Kier alpha value is -4.75. The second kappa shape index (κ2) is 17.0. The molecule has 0 saturated carbocycles. The van der Waals surface area contributed by atoms with Gasteiger partial charge in [-0.1, -0.05) is 32.9 Å². The standard InChI is InChI=1S/C33H45N6O11P/c1-20(31(42)45-17-33(7,8)44-9)38-51(43,50-24-12-10-23(11-13-24)32(4,5)6)47-16-27(46-18-34)29(49-22(3)41)28(48-21(2)40)25-14-15-26-30(35)36-19-37-39(25)26/h10-15,19-20,27-29H,16-17H2,1-9H3,(H,38,43)(H2,35,36,37)/t20-,27+,28-,29+,51?/m0/s1. The second-order valence-electron chi connectivity index (χ2n) is 13.1. The van der Waals surface area contributed by atoms with Crippen LogP contribution in [0.4, 0.5) is 5.82 Å². The fraction of sp³-hybridized carbons (Fsp3) is 0.515. The highest BCUT2D eigenvalue weighted by molar-refractivity contribution is 7.52. The number of nitrogens with one attached hydrogen (secondary N) is 1. The molecule has 0 aliphatic carbocycles. The summed E-state index contributed by atoms with van der Waals surface area (Å²) in [5.41, 5.74) is 6.47. The van der Waals surface area contributed by atoms with Gasteiger partial charge in [0, 0.05) is 21.0 Å². The van der Waals surface area contributed by atoms with Crippen LogP contribution < -0.4 is 15.3 Å². The molecule has 278 valence electrons. The minimum atomic E-state index is -4.56. The molecule has 2 aromatic heterocycles. The number of carbonyl (C=O) groups is 3. The molecule has 51 heavy (non-hydrogen) atoms. The Labute approximate surface area is 296 Å². The highest BCUT2D eigenvalue weighted by atomic mass is 31.2. The maximum Gasteiger partial charge on any atom is 0.459 e. The van der Waals surface area contributed by atoms with E-state index in [-0.39, 0.29) is 29.3 Å². The van der Waals surface area contributed by atoms with Crippen LogP contribution in [-0.2, 0) is 52.6 Å². The van der Waals surface area contributed by atoms with Crippen LogP contribution in [0.3, 0.4) is 0 Å². The van der Waals surface area contributed by atoms with E-state index in [2.05, 4.69) is 15.2 Å². The molecule has 2 heterocycles. The molecule has 3 N–H and O–H groups in total. The fourth-order valence-electron chi connectivity index (χ4n) is 4.59. The third-order valence-corrected chi connectivity index (χ3v) is 9.08. The van der Waals surface area contributed by atoms with Gasteiger partial charge in [0.05, 0.1) is 11.3 Å². The fourth-order valence-corrected chi connectivity index (χ4v) is 6.09. The lowest BCUT2D eigenvalue weighted by atomic mass is 9.87. The van der Waals surface area contributed by atoms with Crippen LogP contribution in [0, 0.1) is 11.5 Å². The molecule has 3 aromatic rings. The summed E-state index contributed by atoms with van der Waals surface area (Å²) in [6.07, 6.45) is -1.92. The van der Waals surface area contributed by atoms with Gasteiger partial charge in [0.15, 0.2) is 24.1 Å². The molecule has 0 aliphatic rings. The number of methoxy groups -OCH3 is 1. The number of nitriles is 1. The number of nitrogen functional groups attached to an aromatic ring is 1. The van der Waals surface area contributed by atoms with Gasteiger partial charge in [-0.05, 0) is 56.0 Å². The summed E-state index contributed by atoms with van der Waals surface area (Å²) in [6, 6.07) is 8.53. The molecule has 0 saturated heterocycles. The van der Waals surface area contributed by atoms with Crippen LogP contribution >= 0.6 is 7.75 Å². The lowest BCUT2D eigenvalue weighted by Gasteiger charge is -2.31. The normalized spacial score (nSPS) is 15.4. The Morgan fingerprint density at radius 3 is 2.25 bits per heavy atom. The summed E-state index contributed by atoms with van der Waals surface area (Å²) in [5, 5.41) is 16.4. The zero-order valence-electron chi connectivity index (χ0n) is 30.1. The molecule has 18 heteroatoms. The highest BCUT2D eigenvalue weighted by Gasteiger charge is 2.42. The Balaban J connectivity index is 2.01. The van der Waals surface area contributed by atoms with Gasteiger partial charge >= 0.3 is 25.7 Å². The number of aromatic nitrogens is 3. The van der Waals surface area contributed by atoms with E-state index < -0.39 is 62.2 Å². The molecule has 0 spiro atoms. The smallest absolute Gasteiger partial charge is 0.459 e. The van der Waals surface area contributed by atoms with Gasteiger partial charge < -0.3 is 33.9 Å². The Morgan fingerprint density at radius 1 is 1.04 bits per heavy atom. The summed E-state index contributed by atoms with van der Waals surface area (Å²) in [6.45, 7) is 12.2. The highest BCUT2D eigenvalue weighted by Crippen LogP contribution is 2.46. The number of fused-ring (bicyclic) bond motifs is 1. The first kappa shape index (κ1) is 40.7. The first-order valence-corrected chi connectivity index (χ1v) is 17.3. The van der Waals surface area contributed by atoms with Crippen LogP contribution in [0.2, 0.25) is 0 Å². The van der Waals surface area contributed by atoms with Crippen molar-refractivity contribution in [2.45, 2.75) is 90.8 Å². The average Bonchev–Trinajstić information content (AvgIpc) is 3.48. The lowest BCUT2D eigenvalue weighted by Crippen LogP contribution is -2.43. The largest absolute Gasteiger partial charge is 0.461 e. The van der Waals surface area contributed by atoms with Crippen molar-refractivity contribution in [3.8, 4) is 12.0 Å². The Kier molecular flexibility index (Phi) is 13.5. The molecule has 0 radical (unpaired) electrons. The number of nitrogens with two attached hydrogens (primary N) is 1. The summed E-state index contributed by atoms with van der Waals surface area (Å²) < 4.78 is 54.4. The van der Waals surface area contributed by atoms with Crippen LogP contribution in [-0.4, -0.2) is 76.7 Å². The maximum absolute atomic E-state index is 14.4. The molecule has 17 nitrogen and oxygen atoms in total. The molecule has 0 amide bonds. The van der Waals surface area contributed by atoms with Gasteiger partial charge in [-0.2, -0.15) is 15.4 Å². The van der Waals surface area contributed by atoms with Gasteiger partial charge in [0.25, 0.3) is 6.26 Å². The maximum atomic E-state index is 14.4. The van der Waals surface area contributed by atoms with Gasteiger partial charge in [-0.3, -0.25) is 18.9 Å². The van der Waals surface area contributed by atoms with E-state index in [4.69, 9.17) is 38.5 Å². The topological polar surface area (TPSA) is 225 Å². The average molecular weight is 733 g/mol. The molecule has 1 aromatic carbocycles. The quantitative estimate of drug-likeness (QED) is 0.0860. The summed E-state index contributed by atoms with van der Waals surface area (Å²) in [5.74, 6) is -2.21. The SMILES string of the molecule is COC(C)(C)COC(=O)[C@H](C)NP(=O)(OC[C@@H](OC#N)[C@@H](OC(C)=O)[C@@H](OC(C)=O)c1ccc2c(N)ncnn12)Oc1ccc(C(C)(C)C)cc1. The summed E-state index contributed by atoms with van der Waals surface area (Å²) in [4.78, 5) is 41.7. The zero-order valence-corrected chi connectivity index (χ0v) is 31.0. The first-order chi connectivity index (χ1) is 23.8. The number of esters is 3. The van der Waals surface area contributed by atoms with Crippen molar-refractivity contribution in [1.82, 2.24) is 19.7 Å². The lowest BCUT2D eigenvalue weighted by molar-refractivity contribution is -0.177. The van der Waals surface area contributed by atoms with E-state index in [9.17, 15) is 24.2 Å². The van der Waals surface area contributed by atoms with Gasteiger partial charge in [0.1, 0.15) is 36.8 Å². The van der Waals surface area contributed by atoms with Crippen LogP contribution in [0.15, 0.2) is 42.7 Å². The van der Waals surface area contributed by atoms with E-state index in [0.717, 1.165) is 19.4 Å². The Bertz CT molecular complexity index is 1770. The molecule has 5 atom stereocenters. The summed E-state index contributed by atoms with van der Waals surface area (Å²) >= 11 is 0. The van der Waals surface area contributed by atoms with E-state index >= 15 is 0 Å². The number of hydrogen-bond donors (Lipinski definition) is 2. The number of ether oxygens (including phenoxy) is 5. The molecular weight excluding hydrogens is 687 g/mol. The predicted octanol–water partition coefficient (Wildman–Crippen LogP) is 4.16. The van der Waals surface area contributed by atoms with Crippen LogP contribution in [0.25, 0.3) is 5.52 Å². The van der Waals surface area contributed by atoms with Crippen molar-refractivity contribution in [3.63, 3.8) is 0 Å². The van der Waals surface area contributed by atoms with Crippen LogP contribution in [0.5, 0.6) is 5.75 Å². The third-order valence-electron chi connectivity index (χ3n) is 7.44. The van der Waals surface area contributed by atoms with Crippen molar-refractivity contribution in [2.75, 3.05) is 26.1 Å². The number of benzene rings is 1. The molecule has 1 unspecified atom stereocenters. The third kappa shape index (κ3) is 11.4.